The maximum absolute atomic E-state index is 11.8. The van der Waals surface area contributed by atoms with Crippen LogP contribution in [-0.2, 0) is 0 Å². The molecule has 0 saturated carbocycles. The number of benzene rings is 1. The van der Waals surface area contributed by atoms with Crippen LogP contribution in [0.4, 0.5) is 0 Å². The Morgan fingerprint density at radius 3 is 2.53 bits per heavy atom. The van der Waals surface area contributed by atoms with E-state index in [1.165, 1.54) is 19.3 Å². The van der Waals surface area contributed by atoms with Crippen LogP contribution >= 0.6 is 11.6 Å². The van der Waals surface area contributed by atoms with Gasteiger partial charge in [0, 0.05) is 16.6 Å². The summed E-state index contributed by atoms with van der Waals surface area (Å²) in [5, 5.41) is 3.64. The van der Waals surface area contributed by atoms with Crippen molar-refractivity contribution < 1.29 is 4.79 Å². The zero-order valence-electron chi connectivity index (χ0n) is 10.5. The number of halogens is 1. The van der Waals surface area contributed by atoms with Crippen LogP contribution in [0, 0.1) is 0 Å². The Morgan fingerprint density at radius 1 is 1.29 bits per heavy atom. The Bertz CT molecular complexity index is 348. The normalized spacial score (nSPS) is 12.2. The molecule has 1 rings (SSSR count). The fourth-order valence-corrected chi connectivity index (χ4v) is 1.81. The van der Waals surface area contributed by atoms with E-state index < -0.39 is 0 Å². The van der Waals surface area contributed by atoms with E-state index in [4.69, 9.17) is 11.6 Å². The van der Waals surface area contributed by atoms with E-state index in [9.17, 15) is 4.79 Å². The largest absolute Gasteiger partial charge is 0.350 e. The standard InChI is InChI=1S/C14H20ClNO/c1-3-4-5-6-11(2)16-14(17)12-7-9-13(15)10-8-12/h7-11H,3-6H2,1-2H3,(H,16,17). The van der Waals surface area contributed by atoms with E-state index in [-0.39, 0.29) is 11.9 Å². The average Bonchev–Trinajstić information content (AvgIpc) is 2.30. The van der Waals surface area contributed by atoms with Crippen LogP contribution < -0.4 is 5.32 Å². The molecule has 94 valence electrons. The predicted molar refractivity (Wildman–Crippen MR) is 72.5 cm³/mol. The first-order valence-corrected chi connectivity index (χ1v) is 6.57. The van der Waals surface area contributed by atoms with Gasteiger partial charge in [-0.05, 0) is 37.6 Å². The van der Waals surface area contributed by atoms with Gasteiger partial charge in [-0.2, -0.15) is 0 Å². The molecule has 0 radical (unpaired) electrons. The van der Waals surface area contributed by atoms with Crippen molar-refractivity contribution in [1.82, 2.24) is 5.32 Å². The van der Waals surface area contributed by atoms with Gasteiger partial charge >= 0.3 is 0 Å². The summed E-state index contributed by atoms with van der Waals surface area (Å²) in [7, 11) is 0. The second-order valence-corrected chi connectivity index (χ2v) is 4.81. The number of nitrogens with one attached hydrogen (secondary N) is 1. The number of hydrogen-bond donors (Lipinski definition) is 1. The lowest BCUT2D eigenvalue weighted by Gasteiger charge is -2.13. The number of carbonyl (C=O) groups excluding carboxylic acids is 1. The van der Waals surface area contributed by atoms with Gasteiger partial charge in [-0.3, -0.25) is 4.79 Å². The van der Waals surface area contributed by atoms with Crippen LogP contribution in [0.1, 0.15) is 49.9 Å². The fraction of sp³-hybridized carbons (Fsp3) is 0.500. The smallest absolute Gasteiger partial charge is 0.251 e. The van der Waals surface area contributed by atoms with Crippen LogP contribution in [0.3, 0.4) is 0 Å². The molecule has 2 nitrogen and oxygen atoms in total. The minimum Gasteiger partial charge on any atom is -0.350 e. The molecule has 1 aromatic carbocycles. The minimum absolute atomic E-state index is 0.0225. The molecule has 0 aliphatic rings. The van der Waals surface area contributed by atoms with Crippen molar-refractivity contribution in [2.75, 3.05) is 0 Å². The fourth-order valence-electron chi connectivity index (χ4n) is 1.68. The summed E-state index contributed by atoms with van der Waals surface area (Å²) in [4.78, 5) is 11.8. The van der Waals surface area contributed by atoms with Crippen molar-refractivity contribution in [1.29, 1.82) is 0 Å². The molecule has 0 bridgehead atoms. The molecular weight excluding hydrogens is 234 g/mol. The van der Waals surface area contributed by atoms with Gasteiger partial charge in [-0.25, -0.2) is 0 Å². The van der Waals surface area contributed by atoms with Crippen LogP contribution in [-0.4, -0.2) is 11.9 Å². The lowest BCUT2D eigenvalue weighted by atomic mass is 10.1. The number of amides is 1. The van der Waals surface area contributed by atoms with E-state index in [1.54, 1.807) is 24.3 Å². The number of hydrogen-bond acceptors (Lipinski definition) is 1. The second-order valence-electron chi connectivity index (χ2n) is 4.38. The molecule has 0 heterocycles. The van der Waals surface area contributed by atoms with E-state index in [2.05, 4.69) is 12.2 Å². The van der Waals surface area contributed by atoms with Gasteiger partial charge in [0.25, 0.3) is 5.91 Å². The van der Waals surface area contributed by atoms with Gasteiger partial charge in [0.05, 0.1) is 0 Å². The Labute approximate surface area is 108 Å². The molecule has 1 amide bonds. The number of unbranched alkanes of at least 4 members (excludes halogenated alkanes) is 2. The Kier molecular flexibility index (Phi) is 6.06. The molecule has 0 fully saturated rings. The third kappa shape index (κ3) is 5.22. The summed E-state index contributed by atoms with van der Waals surface area (Å²) in [5.41, 5.74) is 0.664. The van der Waals surface area contributed by atoms with Crippen LogP contribution in [0.25, 0.3) is 0 Å². The van der Waals surface area contributed by atoms with Crippen LogP contribution in [0.15, 0.2) is 24.3 Å². The molecule has 17 heavy (non-hydrogen) atoms. The van der Waals surface area contributed by atoms with Crippen molar-refractivity contribution >= 4 is 17.5 Å². The highest BCUT2D eigenvalue weighted by molar-refractivity contribution is 6.30. The molecule has 0 aliphatic carbocycles. The van der Waals surface area contributed by atoms with Gasteiger partial charge in [0.2, 0.25) is 0 Å². The lowest BCUT2D eigenvalue weighted by molar-refractivity contribution is 0.0938. The van der Waals surface area contributed by atoms with Crippen LogP contribution in [0.2, 0.25) is 5.02 Å². The van der Waals surface area contributed by atoms with E-state index in [0.29, 0.717) is 10.6 Å². The van der Waals surface area contributed by atoms with Gasteiger partial charge in [-0.1, -0.05) is 37.8 Å². The molecule has 0 spiro atoms. The summed E-state index contributed by atoms with van der Waals surface area (Å²) < 4.78 is 0. The molecule has 1 N–H and O–H groups in total. The maximum Gasteiger partial charge on any atom is 0.251 e. The molecule has 1 atom stereocenters. The summed E-state index contributed by atoms with van der Waals surface area (Å²) in [6.07, 6.45) is 4.63. The quantitative estimate of drug-likeness (QED) is 0.762. The third-order valence-corrected chi connectivity index (χ3v) is 2.98. The Hall–Kier alpha value is -1.02. The van der Waals surface area contributed by atoms with Crippen molar-refractivity contribution in [3.63, 3.8) is 0 Å². The monoisotopic (exact) mass is 253 g/mol. The molecular formula is C14H20ClNO. The highest BCUT2D eigenvalue weighted by Crippen LogP contribution is 2.10. The third-order valence-electron chi connectivity index (χ3n) is 2.72. The molecule has 0 saturated heterocycles. The average molecular weight is 254 g/mol. The molecule has 1 aromatic rings. The zero-order chi connectivity index (χ0) is 12.7. The highest BCUT2D eigenvalue weighted by atomic mass is 35.5. The molecule has 0 aromatic heterocycles. The van der Waals surface area contributed by atoms with Gasteiger partial charge < -0.3 is 5.32 Å². The first kappa shape index (κ1) is 14.0. The van der Waals surface area contributed by atoms with E-state index >= 15 is 0 Å². The van der Waals surface area contributed by atoms with Gasteiger partial charge in [0.1, 0.15) is 0 Å². The highest BCUT2D eigenvalue weighted by Gasteiger charge is 2.08. The van der Waals surface area contributed by atoms with Crippen molar-refractivity contribution in [2.45, 2.75) is 45.6 Å². The SMILES string of the molecule is CCCCCC(C)NC(=O)c1ccc(Cl)cc1. The van der Waals surface area contributed by atoms with Crippen molar-refractivity contribution in [2.24, 2.45) is 0 Å². The number of carbonyl (C=O) groups is 1. The summed E-state index contributed by atoms with van der Waals surface area (Å²) in [6, 6.07) is 7.19. The molecule has 0 aliphatic heterocycles. The van der Waals surface area contributed by atoms with Gasteiger partial charge in [0.15, 0.2) is 0 Å². The lowest BCUT2D eigenvalue weighted by Crippen LogP contribution is -2.32. The minimum atomic E-state index is -0.0225. The van der Waals surface area contributed by atoms with Crippen molar-refractivity contribution in [3.05, 3.63) is 34.9 Å². The summed E-state index contributed by atoms with van der Waals surface area (Å²) in [6.45, 7) is 4.22. The Balaban J connectivity index is 2.40. The number of rotatable bonds is 6. The van der Waals surface area contributed by atoms with E-state index in [0.717, 1.165) is 6.42 Å². The first-order chi connectivity index (χ1) is 8.13. The predicted octanol–water partition coefficient (Wildman–Crippen LogP) is 4.04. The van der Waals surface area contributed by atoms with Crippen molar-refractivity contribution in [3.8, 4) is 0 Å². The first-order valence-electron chi connectivity index (χ1n) is 6.20. The summed E-state index contributed by atoms with van der Waals surface area (Å²) >= 11 is 5.77. The topological polar surface area (TPSA) is 29.1 Å². The Morgan fingerprint density at radius 2 is 1.94 bits per heavy atom. The zero-order valence-corrected chi connectivity index (χ0v) is 11.3. The maximum atomic E-state index is 11.8. The second kappa shape index (κ2) is 7.33. The molecule has 1 unspecified atom stereocenters. The van der Waals surface area contributed by atoms with Gasteiger partial charge in [-0.15, -0.1) is 0 Å². The van der Waals surface area contributed by atoms with Crippen LogP contribution in [0.5, 0.6) is 0 Å². The molecule has 3 heteroatoms. The summed E-state index contributed by atoms with van der Waals surface area (Å²) in [5.74, 6) is -0.0225. The van der Waals surface area contributed by atoms with E-state index in [1.807, 2.05) is 6.92 Å².